The minimum atomic E-state index is -0.424. The van der Waals surface area contributed by atoms with Crippen molar-refractivity contribution in [2.75, 3.05) is 27.9 Å². The number of hydrogen-bond acceptors (Lipinski definition) is 11. The Morgan fingerprint density at radius 2 is 1.93 bits per heavy atom. The van der Waals surface area contributed by atoms with Crippen LogP contribution in [-0.2, 0) is 9.59 Å². The molecule has 2 amide bonds. The van der Waals surface area contributed by atoms with Crippen LogP contribution >= 0.6 is 34.9 Å². The average molecular weight is 462 g/mol. The molecule has 0 saturated heterocycles. The molecule has 154 valence electrons. The van der Waals surface area contributed by atoms with E-state index in [0.29, 0.717) is 21.0 Å². The Morgan fingerprint density at radius 3 is 2.77 bits per heavy atom. The van der Waals surface area contributed by atoms with Crippen LogP contribution in [0.2, 0.25) is 0 Å². The number of amides is 2. The van der Waals surface area contributed by atoms with Crippen LogP contribution in [0.3, 0.4) is 0 Å². The zero-order chi connectivity index (χ0) is 20.9. The molecule has 14 heteroatoms. The summed E-state index contributed by atoms with van der Waals surface area (Å²) in [6.45, 7) is 0. The van der Waals surface area contributed by atoms with Gasteiger partial charge in [0.2, 0.25) is 22.4 Å². The number of thioether (sulfide) groups is 2. The number of nitrogens with zero attached hydrogens (tertiary/aromatic N) is 6. The number of nitrogen functional groups attached to an aromatic ring is 1. The fraction of sp³-hybridized carbons (Fsp3) is 0.188. The van der Waals surface area contributed by atoms with E-state index in [1.54, 1.807) is 4.68 Å². The van der Waals surface area contributed by atoms with Crippen molar-refractivity contribution in [1.29, 1.82) is 0 Å². The molecule has 3 aromatic rings. The second-order valence-electron chi connectivity index (χ2n) is 5.85. The van der Waals surface area contributed by atoms with Crippen molar-refractivity contribution >= 4 is 69.0 Å². The van der Waals surface area contributed by atoms with Crippen LogP contribution in [0.4, 0.5) is 22.3 Å². The molecule has 1 aliphatic heterocycles. The number of benzene rings is 1. The lowest BCUT2D eigenvalue weighted by Crippen LogP contribution is -2.15. The van der Waals surface area contributed by atoms with E-state index in [9.17, 15) is 9.59 Å². The van der Waals surface area contributed by atoms with Crippen molar-refractivity contribution in [3.63, 3.8) is 0 Å². The predicted molar refractivity (Wildman–Crippen MR) is 117 cm³/mol. The van der Waals surface area contributed by atoms with Gasteiger partial charge in [-0.1, -0.05) is 53.1 Å². The third kappa shape index (κ3) is 4.95. The molecule has 0 saturated carbocycles. The zero-order valence-corrected chi connectivity index (χ0v) is 17.7. The number of nitrogens with two attached hydrogens (primary N) is 1. The summed E-state index contributed by atoms with van der Waals surface area (Å²) in [4.78, 5) is 24.2. The SMILES string of the molecule is Nc1cnn2c1N=N[C@H]2SCC(=O)Nc1nnc(SCC(=O)Nc2ccccc2)s1. The second-order valence-corrected chi connectivity index (χ2v) is 9.09. The topological polar surface area (TPSA) is 153 Å². The summed E-state index contributed by atoms with van der Waals surface area (Å²) in [6.07, 6.45) is 1.50. The standard InChI is InChI=1S/C16H15N9O2S3/c17-10-6-18-25-13(10)21-23-15(25)28-7-12(27)20-14-22-24-16(30-14)29-8-11(26)19-9-4-2-1-3-5-9/h1-6,15H,7-8,17H2,(H,19,26)(H,20,22,27)/t15-/m1/s1. The minimum Gasteiger partial charge on any atom is -0.394 e. The van der Waals surface area contributed by atoms with E-state index in [2.05, 4.69) is 36.2 Å². The normalized spacial score (nSPS) is 14.5. The van der Waals surface area contributed by atoms with Crippen LogP contribution in [0.25, 0.3) is 0 Å². The number of carbonyl (C=O) groups is 2. The highest BCUT2D eigenvalue weighted by molar-refractivity contribution is 8.01. The second kappa shape index (κ2) is 9.23. The minimum absolute atomic E-state index is 0.129. The molecule has 0 bridgehead atoms. The first-order valence-electron chi connectivity index (χ1n) is 8.55. The molecule has 1 atom stereocenters. The quantitative estimate of drug-likeness (QED) is 0.342. The van der Waals surface area contributed by atoms with Crippen LogP contribution in [0, 0.1) is 0 Å². The number of anilines is 3. The fourth-order valence-corrected chi connectivity index (χ4v) is 4.71. The number of para-hydroxylation sites is 1. The summed E-state index contributed by atoms with van der Waals surface area (Å²) in [5.74, 6) is 0.417. The Morgan fingerprint density at radius 1 is 1.13 bits per heavy atom. The molecule has 30 heavy (non-hydrogen) atoms. The summed E-state index contributed by atoms with van der Waals surface area (Å²) >= 11 is 3.71. The number of hydrogen-bond donors (Lipinski definition) is 3. The molecule has 1 aromatic carbocycles. The lowest BCUT2D eigenvalue weighted by atomic mass is 10.3. The highest BCUT2D eigenvalue weighted by Crippen LogP contribution is 2.38. The van der Waals surface area contributed by atoms with Crippen molar-refractivity contribution in [2.24, 2.45) is 10.2 Å². The van der Waals surface area contributed by atoms with Gasteiger partial charge in [-0.05, 0) is 12.1 Å². The van der Waals surface area contributed by atoms with Gasteiger partial charge in [-0.2, -0.15) is 5.10 Å². The summed E-state index contributed by atoms with van der Waals surface area (Å²) < 4.78 is 2.15. The monoisotopic (exact) mass is 461 g/mol. The molecule has 4 rings (SSSR count). The molecule has 0 spiro atoms. The largest absolute Gasteiger partial charge is 0.394 e. The van der Waals surface area contributed by atoms with E-state index >= 15 is 0 Å². The first kappa shape index (κ1) is 20.3. The summed E-state index contributed by atoms with van der Waals surface area (Å²) in [5.41, 5.74) is 6.49. The Kier molecular flexibility index (Phi) is 6.25. The smallest absolute Gasteiger partial charge is 0.236 e. The third-order valence-electron chi connectivity index (χ3n) is 3.66. The van der Waals surface area contributed by atoms with Gasteiger partial charge in [0, 0.05) is 5.69 Å². The van der Waals surface area contributed by atoms with Crippen LogP contribution in [0.5, 0.6) is 0 Å². The van der Waals surface area contributed by atoms with Gasteiger partial charge in [0.05, 0.1) is 23.4 Å². The van der Waals surface area contributed by atoms with Crippen molar-refractivity contribution in [3.8, 4) is 0 Å². The van der Waals surface area contributed by atoms with Crippen LogP contribution in [0.15, 0.2) is 51.1 Å². The van der Waals surface area contributed by atoms with E-state index in [4.69, 9.17) is 5.73 Å². The summed E-state index contributed by atoms with van der Waals surface area (Å²) in [6, 6.07) is 9.20. The van der Waals surface area contributed by atoms with Crippen molar-refractivity contribution in [2.45, 2.75) is 9.84 Å². The predicted octanol–water partition coefficient (Wildman–Crippen LogP) is 2.97. The number of azo groups is 1. The number of fused-ring (bicyclic) bond motifs is 1. The van der Waals surface area contributed by atoms with E-state index in [1.807, 2.05) is 30.3 Å². The van der Waals surface area contributed by atoms with Gasteiger partial charge in [0.25, 0.3) is 0 Å². The Hall–Kier alpha value is -2.97. The zero-order valence-electron chi connectivity index (χ0n) is 15.3. The number of carbonyl (C=O) groups excluding carboxylic acids is 2. The Balaban J connectivity index is 1.21. The highest BCUT2D eigenvalue weighted by Gasteiger charge is 2.24. The van der Waals surface area contributed by atoms with Gasteiger partial charge in [-0.3, -0.25) is 14.9 Å². The molecular weight excluding hydrogens is 446 g/mol. The number of nitrogens with one attached hydrogen (secondary N) is 2. The highest BCUT2D eigenvalue weighted by atomic mass is 32.2. The van der Waals surface area contributed by atoms with Gasteiger partial charge < -0.3 is 11.1 Å². The van der Waals surface area contributed by atoms with Crippen LogP contribution < -0.4 is 16.4 Å². The average Bonchev–Trinajstić information content (AvgIpc) is 3.44. The molecule has 11 nitrogen and oxygen atoms in total. The number of aromatic nitrogens is 4. The van der Waals surface area contributed by atoms with Crippen LogP contribution in [-0.4, -0.2) is 43.3 Å². The molecule has 2 aromatic heterocycles. The maximum atomic E-state index is 12.2. The molecule has 0 aliphatic carbocycles. The lowest BCUT2D eigenvalue weighted by molar-refractivity contribution is -0.114. The maximum Gasteiger partial charge on any atom is 0.236 e. The first-order chi connectivity index (χ1) is 14.6. The molecule has 4 N–H and O–H groups in total. The summed E-state index contributed by atoms with van der Waals surface area (Å²) in [7, 11) is 0. The first-order valence-corrected chi connectivity index (χ1v) is 11.4. The van der Waals surface area contributed by atoms with Crippen molar-refractivity contribution in [3.05, 3.63) is 36.5 Å². The summed E-state index contributed by atoms with van der Waals surface area (Å²) in [5, 5.41) is 25.9. The molecule has 3 heterocycles. The Labute approximate surface area is 182 Å². The fourth-order valence-electron chi connectivity index (χ4n) is 2.36. The van der Waals surface area contributed by atoms with Gasteiger partial charge >= 0.3 is 0 Å². The third-order valence-corrected chi connectivity index (χ3v) is 6.65. The maximum absolute atomic E-state index is 12.2. The van der Waals surface area contributed by atoms with E-state index in [0.717, 1.165) is 5.69 Å². The molecule has 0 fully saturated rings. The van der Waals surface area contributed by atoms with Gasteiger partial charge in [-0.15, -0.1) is 20.4 Å². The van der Waals surface area contributed by atoms with Crippen molar-refractivity contribution < 1.29 is 9.59 Å². The molecular formula is C16H15N9O2S3. The molecule has 0 unspecified atom stereocenters. The molecule has 0 radical (unpaired) electrons. The molecule has 1 aliphatic rings. The lowest BCUT2D eigenvalue weighted by Gasteiger charge is -2.06. The van der Waals surface area contributed by atoms with Gasteiger partial charge in [-0.25, -0.2) is 4.68 Å². The Bertz CT molecular complexity index is 1080. The van der Waals surface area contributed by atoms with Gasteiger partial charge in [0.1, 0.15) is 0 Å². The van der Waals surface area contributed by atoms with Gasteiger partial charge in [0.15, 0.2) is 10.2 Å². The van der Waals surface area contributed by atoms with Crippen LogP contribution in [0.1, 0.15) is 5.50 Å². The van der Waals surface area contributed by atoms with Crippen molar-refractivity contribution in [1.82, 2.24) is 20.0 Å². The number of rotatable bonds is 8. The van der Waals surface area contributed by atoms with E-state index in [1.165, 1.54) is 41.1 Å². The van der Waals surface area contributed by atoms with E-state index in [-0.39, 0.29) is 23.3 Å². The van der Waals surface area contributed by atoms with E-state index < -0.39 is 5.50 Å².